The highest BCUT2D eigenvalue weighted by Crippen LogP contribution is 2.33. The Labute approximate surface area is 189 Å². The summed E-state index contributed by atoms with van der Waals surface area (Å²) in [6, 6.07) is 12.5. The van der Waals surface area contributed by atoms with Gasteiger partial charge in [0.1, 0.15) is 17.3 Å². The van der Waals surface area contributed by atoms with Crippen molar-refractivity contribution in [1.29, 1.82) is 5.26 Å². The van der Waals surface area contributed by atoms with Crippen molar-refractivity contribution in [2.75, 3.05) is 0 Å². The first kappa shape index (κ1) is 21.4. The predicted octanol–water partition coefficient (Wildman–Crippen LogP) is 5.11. The van der Waals surface area contributed by atoms with E-state index in [2.05, 4.69) is 20.2 Å². The minimum Gasteiger partial charge on any atom is -0.356 e. The minimum atomic E-state index is -4.56. The fourth-order valence-corrected chi connectivity index (χ4v) is 3.61. The fraction of sp³-hybridized carbons (Fsp3) is 0.130. The molecule has 34 heavy (non-hydrogen) atoms. The number of imidazole rings is 1. The van der Waals surface area contributed by atoms with Crippen LogP contribution in [0.2, 0.25) is 0 Å². The molecule has 7 nitrogen and oxygen atoms in total. The van der Waals surface area contributed by atoms with Gasteiger partial charge in [-0.05, 0) is 30.3 Å². The molecule has 0 unspecified atom stereocenters. The molecule has 3 heterocycles. The van der Waals surface area contributed by atoms with E-state index in [-0.39, 0.29) is 23.4 Å². The molecular weight excluding hydrogens is 452 g/mol. The summed E-state index contributed by atoms with van der Waals surface area (Å²) in [6.07, 6.45) is -2.99. The number of H-pyrrole nitrogens is 1. The molecule has 0 aliphatic carbocycles. The maximum atomic E-state index is 14.1. The summed E-state index contributed by atoms with van der Waals surface area (Å²) in [4.78, 5) is 7.53. The summed E-state index contributed by atoms with van der Waals surface area (Å²) in [5.41, 5.74) is 1.27. The number of hydrazone groups is 1. The van der Waals surface area contributed by atoms with Crippen LogP contribution in [0.3, 0.4) is 0 Å². The number of fused-ring (bicyclic) bond motifs is 1. The number of nitriles is 1. The highest BCUT2D eigenvalue weighted by Gasteiger charge is 2.31. The third-order valence-electron chi connectivity index (χ3n) is 5.26. The number of aromatic nitrogens is 3. The quantitative estimate of drug-likeness (QED) is 0.422. The van der Waals surface area contributed by atoms with Crippen LogP contribution >= 0.6 is 0 Å². The Kier molecular flexibility index (Phi) is 5.13. The number of hydrogen-bond acceptors (Lipinski definition) is 6. The van der Waals surface area contributed by atoms with Gasteiger partial charge in [-0.15, -0.1) is 0 Å². The van der Waals surface area contributed by atoms with E-state index in [9.17, 15) is 22.8 Å². The SMILES string of the molecule is N#Cc1cc(C(F)(F)F)ccc1-c1cc(CN2Cc3nc(-c4ccccc4F)[nH]c3C=N2)no1. The van der Waals surface area contributed by atoms with Crippen molar-refractivity contribution in [2.24, 2.45) is 5.10 Å². The van der Waals surface area contributed by atoms with E-state index in [1.807, 2.05) is 0 Å². The zero-order chi connectivity index (χ0) is 23.9. The molecule has 1 aliphatic rings. The lowest BCUT2D eigenvalue weighted by atomic mass is 10.0. The zero-order valence-corrected chi connectivity index (χ0v) is 17.3. The van der Waals surface area contributed by atoms with Crippen molar-refractivity contribution < 1.29 is 22.1 Å². The van der Waals surface area contributed by atoms with Gasteiger partial charge in [0.15, 0.2) is 5.76 Å². The van der Waals surface area contributed by atoms with E-state index in [0.29, 0.717) is 35.0 Å². The summed E-state index contributed by atoms with van der Waals surface area (Å²) in [7, 11) is 0. The van der Waals surface area contributed by atoms with Crippen molar-refractivity contribution in [3.63, 3.8) is 0 Å². The summed E-state index contributed by atoms with van der Waals surface area (Å²) < 4.78 is 58.2. The number of aromatic amines is 1. The van der Waals surface area contributed by atoms with Gasteiger partial charge in [0.05, 0.1) is 53.5 Å². The molecule has 0 bridgehead atoms. The first-order valence-electron chi connectivity index (χ1n) is 10.0. The van der Waals surface area contributed by atoms with Crippen LogP contribution < -0.4 is 0 Å². The highest BCUT2D eigenvalue weighted by atomic mass is 19.4. The van der Waals surface area contributed by atoms with Crippen LogP contribution in [0.4, 0.5) is 17.6 Å². The standard InChI is InChI=1S/C23H14F4N6O/c24-18-4-2-1-3-17(18)22-30-19-10-29-33(12-20(19)31-22)11-15-8-21(34-32-15)16-6-5-14(23(25,26)27)7-13(16)9-28/h1-8,10H,11-12H2,(H,30,31). The van der Waals surface area contributed by atoms with E-state index < -0.39 is 17.6 Å². The van der Waals surface area contributed by atoms with Gasteiger partial charge in [0.2, 0.25) is 0 Å². The number of hydrogen-bond donors (Lipinski definition) is 1. The average molecular weight is 466 g/mol. The molecular formula is C23H14F4N6O. The van der Waals surface area contributed by atoms with Crippen molar-refractivity contribution in [2.45, 2.75) is 19.3 Å². The van der Waals surface area contributed by atoms with Gasteiger partial charge in [-0.25, -0.2) is 9.37 Å². The second-order valence-corrected chi connectivity index (χ2v) is 7.55. The summed E-state index contributed by atoms with van der Waals surface area (Å²) in [5, 5.41) is 19.2. The largest absolute Gasteiger partial charge is 0.416 e. The Hall–Kier alpha value is -4.46. The summed E-state index contributed by atoms with van der Waals surface area (Å²) in [5.74, 6) is 0.174. The third-order valence-corrected chi connectivity index (χ3v) is 5.26. The topological polar surface area (TPSA) is 94.1 Å². The lowest BCUT2D eigenvalue weighted by Crippen LogP contribution is -2.21. The summed E-state index contributed by atoms with van der Waals surface area (Å²) in [6.45, 7) is 0.548. The van der Waals surface area contributed by atoms with Gasteiger partial charge in [0.25, 0.3) is 0 Å². The number of nitrogens with one attached hydrogen (secondary N) is 1. The number of alkyl halides is 3. The zero-order valence-electron chi connectivity index (χ0n) is 17.3. The first-order valence-corrected chi connectivity index (χ1v) is 10.0. The van der Waals surface area contributed by atoms with E-state index in [0.717, 1.165) is 12.1 Å². The summed E-state index contributed by atoms with van der Waals surface area (Å²) >= 11 is 0. The van der Waals surface area contributed by atoms with Crippen LogP contribution in [-0.4, -0.2) is 26.3 Å². The maximum absolute atomic E-state index is 14.1. The van der Waals surface area contributed by atoms with Crippen LogP contribution in [0.15, 0.2) is 58.2 Å². The molecule has 1 aliphatic heterocycles. The van der Waals surface area contributed by atoms with E-state index in [4.69, 9.17) is 4.52 Å². The molecule has 0 atom stereocenters. The fourth-order valence-electron chi connectivity index (χ4n) is 3.61. The second-order valence-electron chi connectivity index (χ2n) is 7.55. The predicted molar refractivity (Wildman–Crippen MR) is 112 cm³/mol. The Balaban J connectivity index is 1.33. The Bertz CT molecular complexity index is 1450. The molecule has 5 rings (SSSR count). The molecule has 2 aromatic heterocycles. The van der Waals surface area contributed by atoms with Crippen LogP contribution in [-0.2, 0) is 19.3 Å². The van der Waals surface area contributed by atoms with Gasteiger partial charge in [-0.2, -0.15) is 23.5 Å². The van der Waals surface area contributed by atoms with Crippen molar-refractivity contribution in [3.8, 4) is 28.8 Å². The van der Waals surface area contributed by atoms with Gasteiger partial charge < -0.3 is 9.51 Å². The number of benzene rings is 2. The van der Waals surface area contributed by atoms with Gasteiger partial charge in [0, 0.05) is 11.6 Å². The molecule has 11 heteroatoms. The van der Waals surface area contributed by atoms with E-state index in [1.54, 1.807) is 41.6 Å². The molecule has 0 spiro atoms. The van der Waals surface area contributed by atoms with E-state index >= 15 is 0 Å². The Morgan fingerprint density at radius 1 is 1.12 bits per heavy atom. The van der Waals surface area contributed by atoms with Gasteiger partial charge in [-0.3, -0.25) is 5.01 Å². The molecule has 0 radical (unpaired) electrons. The lowest BCUT2D eigenvalue weighted by molar-refractivity contribution is -0.137. The minimum absolute atomic E-state index is 0.170. The van der Waals surface area contributed by atoms with Crippen molar-refractivity contribution in [1.82, 2.24) is 20.1 Å². The molecule has 0 saturated heterocycles. The second kappa shape index (κ2) is 8.15. The normalized spacial score (nSPS) is 13.1. The smallest absolute Gasteiger partial charge is 0.356 e. The molecule has 0 fully saturated rings. The first-order chi connectivity index (χ1) is 16.3. The third kappa shape index (κ3) is 4.01. The Morgan fingerprint density at radius 3 is 2.71 bits per heavy atom. The van der Waals surface area contributed by atoms with E-state index in [1.165, 1.54) is 12.1 Å². The molecule has 2 aromatic carbocycles. The molecule has 170 valence electrons. The van der Waals surface area contributed by atoms with Crippen LogP contribution in [0, 0.1) is 17.1 Å². The number of rotatable bonds is 4. The van der Waals surface area contributed by atoms with Gasteiger partial charge >= 0.3 is 6.18 Å². The molecule has 0 amide bonds. The average Bonchev–Trinajstić information content (AvgIpc) is 3.45. The van der Waals surface area contributed by atoms with Crippen LogP contribution in [0.1, 0.15) is 28.2 Å². The maximum Gasteiger partial charge on any atom is 0.416 e. The van der Waals surface area contributed by atoms with Crippen LogP contribution in [0.25, 0.3) is 22.7 Å². The number of nitrogens with zero attached hydrogens (tertiary/aromatic N) is 5. The molecule has 0 saturated carbocycles. The molecule has 1 N–H and O–H groups in total. The van der Waals surface area contributed by atoms with Crippen molar-refractivity contribution in [3.05, 3.63) is 82.6 Å². The number of halogens is 4. The highest BCUT2D eigenvalue weighted by molar-refractivity contribution is 5.80. The van der Waals surface area contributed by atoms with Gasteiger partial charge in [-0.1, -0.05) is 17.3 Å². The molecule has 4 aromatic rings. The van der Waals surface area contributed by atoms with Crippen LogP contribution in [0.5, 0.6) is 0 Å². The monoisotopic (exact) mass is 466 g/mol. The lowest BCUT2D eigenvalue weighted by Gasteiger charge is -2.19. The van der Waals surface area contributed by atoms with Crippen molar-refractivity contribution >= 4 is 6.21 Å². The Morgan fingerprint density at radius 2 is 1.94 bits per heavy atom.